The Labute approximate surface area is 155 Å². The second-order valence-electron chi connectivity index (χ2n) is 5.96. The Balaban J connectivity index is 1.85. The smallest absolute Gasteiger partial charge is 0.325 e. The van der Waals surface area contributed by atoms with Crippen LogP contribution in [0.4, 0.5) is 14.9 Å². The second kappa shape index (κ2) is 8.56. The number of carbonyl (C=O) groups excluding carboxylic acids is 2. The number of benzene rings is 1. The minimum absolute atomic E-state index is 0.129. The van der Waals surface area contributed by atoms with Crippen molar-refractivity contribution in [1.82, 2.24) is 15.3 Å². The molecule has 3 N–H and O–H groups in total. The lowest BCUT2D eigenvalue weighted by Crippen LogP contribution is -2.48. The Kier molecular flexibility index (Phi) is 5.94. The molecule has 1 aromatic carbocycles. The number of nitrogens with two attached hydrogens (primary N) is 1. The van der Waals surface area contributed by atoms with Crippen LogP contribution >= 0.6 is 0 Å². The fourth-order valence-corrected chi connectivity index (χ4v) is 2.74. The predicted octanol–water partition coefficient (Wildman–Crippen LogP) is 1.28. The van der Waals surface area contributed by atoms with Crippen molar-refractivity contribution in [2.24, 2.45) is 5.84 Å². The van der Waals surface area contributed by atoms with Gasteiger partial charge in [-0.1, -0.05) is 6.07 Å². The summed E-state index contributed by atoms with van der Waals surface area (Å²) < 4.78 is 19.0. The zero-order valence-electron chi connectivity index (χ0n) is 14.6. The first-order chi connectivity index (χ1) is 13.1. The molecule has 0 saturated carbocycles. The van der Waals surface area contributed by atoms with Crippen molar-refractivity contribution < 1.29 is 18.7 Å². The quantitative estimate of drug-likeness (QED) is 0.478. The van der Waals surface area contributed by atoms with Crippen molar-refractivity contribution in [3.05, 3.63) is 59.7 Å². The lowest BCUT2D eigenvalue weighted by atomic mass is 10.2. The van der Waals surface area contributed by atoms with E-state index in [0.717, 1.165) is 0 Å². The molecule has 3 rings (SSSR count). The van der Waals surface area contributed by atoms with Gasteiger partial charge in [-0.2, -0.15) is 0 Å². The van der Waals surface area contributed by atoms with E-state index in [9.17, 15) is 14.0 Å². The number of amides is 3. The Morgan fingerprint density at radius 1 is 1.26 bits per heavy atom. The zero-order valence-corrected chi connectivity index (χ0v) is 14.6. The van der Waals surface area contributed by atoms with Gasteiger partial charge in [0.25, 0.3) is 5.91 Å². The molecule has 2 aromatic rings. The average Bonchev–Trinajstić information content (AvgIpc) is 2.72. The van der Waals surface area contributed by atoms with Gasteiger partial charge in [-0.3, -0.25) is 20.1 Å². The molecule has 0 bridgehead atoms. The van der Waals surface area contributed by atoms with Crippen LogP contribution in [-0.4, -0.2) is 48.1 Å². The van der Waals surface area contributed by atoms with E-state index in [0.29, 0.717) is 43.2 Å². The number of nitrogen functional groups attached to an aromatic ring is 1. The molecular weight excluding hydrogens is 353 g/mol. The SMILES string of the molecule is NNC(=O)c1ccc(CN(C(=O)N2CCOCC2)c2cccc(F)c2)nc1. The van der Waals surface area contributed by atoms with Gasteiger partial charge in [0.15, 0.2) is 0 Å². The van der Waals surface area contributed by atoms with Crippen LogP contribution in [0.1, 0.15) is 16.1 Å². The topological polar surface area (TPSA) is 101 Å². The lowest BCUT2D eigenvalue weighted by molar-refractivity contribution is 0.0548. The van der Waals surface area contributed by atoms with Gasteiger partial charge in [0, 0.05) is 25.0 Å². The number of hydrogen-bond acceptors (Lipinski definition) is 5. The first kappa shape index (κ1) is 18.7. The highest BCUT2D eigenvalue weighted by Crippen LogP contribution is 2.20. The molecule has 1 saturated heterocycles. The van der Waals surface area contributed by atoms with Crippen molar-refractivity contribution >= 4 is 17.6 Å². The molecule has 3 amide bonds. The number of pyridine rings is 1. The summed E-state index contributed by atoms with van der Waals surface area (Å²) in [6.07, 6.45) is 1.38. The molecule has 27 heavy (non-hydrogen) atoms. The summed E-state index contributed by atoms with van der Waals surface area (Å²) >= 11 is 0. The molecule has 142 valence electrons. The highest BCUT2D eigenvalue weighted by molar-refractivity contribution is 5.93. The predicted molar refractivity (Wildman–Crippen MR) is 96.3 cm³/mol. The number of halogens is 1. The summed E-state index contributed by atoms with van der Waals surface area (Å²) in [4.78, 5) is 31.9. The molecule has 0 radical (unpaired) electrons. The Hall–Kier alpha value is -3.04. The van der Waals surface area contributed by atoms with E-state index in [-0.39, 0.29) is 12.6 Å². The van der Waals surface area contributed by atoms with Crippen LogP contribution in [0.15, 0.2) is 42.6 Å². The third-order valence-electron chi connectivity index (χ3n) is 4.17. The molecule has 9 heteroatoms. The molecule has 0 spiro atoms. The summed E-state index contributed by atoms with van der Waals surface area (Å²) in [5, 5.41) is 0. The van der Waals surface area contributed by atoms with Gasteiger partial charge in [0.1, 0.15) is 5.82 Å². The fraction of sp³-hybridized carbons (Fsp3) is 0.278. The highest BCUT2D eigenvalue weighted by atomic mass is 19.1. The number of ether oxygens (including phenoxy) is 1. The minimum atomic E-state index is -0.458. The van der Waals surface area contributed by atoms with Crippen LogP contribution in [0.2, 0.25) is 0 Å². The fourth-order valence-electron chi connectivity index (χ4n) is 2.74. The molecule has 0 unspecified atom stereocenters. The molecule has 1 aromatic heterocycles. The summed E-state index contributed by atoms with van der Waals surface area (Å²) in [7, 11) is 0. The molecule has 0 aliphatic carbocycles. The van der Waals surface area contributed by atoms with E-state index < -0.39 is 11.7 Å². The standard InChI is InChI=1S/C18H20FN5O3/c19-14-2-1-3-16(10-14)24(18(26)23-6-8-27-9-7-23)12-15-5-4-13(11-21-15)17(25)22-20/h1-5,10-11H,6-9,12,20H2,(H,22,25). The van der Waals surface area contributed by atoms with Gasteiger partial charge >= 0.3 is 6.03 Å². The second-order valence-corrected chi connectivity index (χ2v) is 5.96. The van der Waals surface area contributed by atoms with Crippen LogP contribution in [0, 0.1) is 5.82 Å². The van der Waals surface area contributed by atoms with E-state index >= 15 is 0 Å². The van der Waals surface area contributed by atoms with Crippen LogP contribution in [0.25, 0.3) is 0 Å². The molecule has 1 aliphatic rings. The largest absolute Gasteiger partial charge is 0.378 e. The highest BCUT2D eigenvalue weighted by Gasteiger charge is 2.25. The number of hydrogen-bond donors (Lipinski definition) is 2. The number of urea groups is 1. The third-order valence-corrected chi connectivity index (χ3v) is 4.17. The van der Waals surface area contributed by atoms with Crippen molar-refractivity contribution in [3.8, 4) is 0 Å². The molecule has 2 heterocycles. The number of morpholine rings is 1. The maximum Gasteiger partial charge on any atom is 0.325 e. The number of aromatic nitrogens is 1. The van der Waals surface area contributed by atoms with E-state index in [4.69, 9.17) is 10.6 Å². The van der Waals surface area contributed by atoms with Crippen molar-refractivity contribution in [2.45, 2.75) is 6.54 Å². The molecule has 1 fully saturated rings. The van der Waals surface area contributed by atoms with Gasteiger partial charge in [0.2, 0.25) is 0 Å². The van der Waals surface area contributed by atoms with Gasteiger partial charge in [-0.15, -0.1) is 0 Å². The van der Waals surface area contributed by atoms with Crippen LogP contribution in [0.5, 0.6) is 0 Å². The minimum Gasteiger partial charge on any atom is -0.378 e. The van der Waals surface area contributed by atoms with Crippen LogP contribution < -0.4 is 16.2 Å². The van der Waals surface area contributed by atoms with Crippen LogP contribution in [-0.2, 0) is 11.3 Å². The molecule has 8 nitrogen and oxygen atoms in total. The lowest BCUT2D eigenvalue weighted by Gasteiger charge is -2.33. The van der Waals surface area contributed by atoms with Gasteiger partial charge in [-0.25, -0.2) is 15.0 Å². The Bertz CT molecular complexity index is 809. The molecule has 0 atom stereocenters. The average molecular weight is 373 g/mol. The van der Waals surface area contributed by atoms with Crippen molar-refractivity contribution in [2.75, 3.05) is 31.2 Å². The number of anilines is 1. The summed E-state index contributed by atoms with van der Waals surface area (Å²) in [5.74, 6) is 4.21. The summed E-state index contributed by atoms with van der Waals surface area (Å²) in [5.41, 5.74) is 3.31. The number of rotatable bonds is 4. The molecular formula is C18H20FN5O3. The van der Waals surface area contributed by atoms with Crippen LogP contribution in [0.3, 0.4) is 0 Å². The van der Waals surface area contributed by atoms with Gasteiger partial charge < -0.3 is 9.64 Å². The maximum atomic E-state index is 13.7. The normalized spacial score (nSPS) is 13.9. The van der Waals surface area contributed by atoms with Crippen molar-refractivity contribution in [3.63, 3.8) is 0 Å². The third kappa shape index (κ3) is 4.57. The first-order valence-electron chi connectivity index (χ1n) is 8.44. The van der Waals surface area contributed by atoms with Gasteiger partial charge in [-0.05, 0) is 30.3 Å². The van der Waals surface area contributed by atoms with E-state index in [2.05, 4.69) is 4.98 Å². The monoisotopic (exact) mass is 373 g/mol. The number of carbonyl (C=O) groups is 2. The number of nitrogens with one attached hydrogen (secondary N) is 1. The van der Waals surface area contributed by atoms with Crippen molar-refractivity contribution in [1.29, 1.82) is 0 Å². The van der Waals surface area contributed by atoms with E-state index in [1.807, 2.05) is 5.43 Å². The zero-order chi connectivity index (χ0) is 19.2. The summed E-state index contributed by atoms with van der Waals surface area (Å²) in [6.45, 7) is 1.99. The van der Waals surface area contributed by atoms with Gasteiger partial charge in [0.05, 0.1) is 31.0 Å². The van der Waals surface area contributed by atoms with E-state index in [1.165, 1.54) is 23.2 Å². The summed E-state index contributed by atoms with van der Waals surface area (Å²) in [6, 6.07) is 8.77. The first-order valence-corrected chi connectivity index (χ1v) is 8.44. The Morgan fingerprint density at radius 2 is 2.04 bits per heavy atom. The maximum absolute atomic E-state index is 13.7. The Morgan fingerprint density at radius 3 is 2.67 bits per heavy atom. The van der Waals surface area contributed by atoms with E-state index in [1.54, 1.807) is 29.2 Å². The molecule has 1 aliphatic heterocycles. The number of hydrazine groups is 1. The number of nitrogens with zero attached hydrogens (tertiary/aromatic N) is 3.